The molecule has 0 aromatic heterocycles. The first-order chi connectivity index (χ1) is 16.7. The van der Waals surface area contributed by atoms with Gasteiger partial charge in [0.2, 0.25) is 0 Å². The van der Waals surface area contributed by atoms with Gasteiger partial charge in [-0.15, -0.1) is 0 Å². The number of aliphatic hydroxyl groups excluding tert-OH is 1. The third-order valence-electron chi connectivity index (χ3n) is 7.73. The van der Waals surface area contributed by atoms with E-state index in [0.29, 0.717) is 6.61 Å². The van der Waals surface area contributed by atoms with Gasteiger partial charge in [-0.1, -0.05) is 62.7 Å². The summed E-state index contributed by atoms with van der Waals surface area (Å²) in [5, 5.41) is 11.0. The fourth-order valence-corrected chi connectivity index (χ4v) is 5.38. The SMILES string of the molecule is Cc1cccc(COc2ccc(C(C)(C)C)cc2CN2CC[C@H](O)[C@@H](N3CCN(C)CC3)CC2)c1. The van der Waals surface area contributed by atoms with Gasteiger partial charge >= 0.3 is 0 Å². The maximum atomic E-state index is 11.0. The van der Waals surface area contributed by atoms with E-state index in [1.807, 2.05) is 0 Å². The number of likely N-dealkylation sites (N-methyl/N-ethyl adjacent to an activating group) is 1. The van der Waals surface area contributed by atoms with Gasteiger partial charge < -0.3 is 14.7 Å². The van der Waals surface area contributed by atoms with Crippen molar-refractivity contribution in [1.82, 2.24) is 14.7 Å². The highest BCUT2D eigenvalue weighted by Gasteiger charge is 2.31. The van der Waals surface area contributed by atoms with Crippen LogP contribution in [0.5, 0.6) is 5.75 Å². The van der Waals surface area contributed by atoms with E-state index in [2.05, 4.69) is 91.9 Å². The first-order valence-electron chi connectivity index (χ1n) is 13.3. The highest BCUT2D eigenvalue weighted by molar-refractivity contribution is 5.40. The number of aliphatic hydroxyl groups is 1. The van der Waals surface area contributed by atoms with Crippen LogP contribution in [0.4, 0.5) is 0 Å². The van der Waals surface area contributed by atoms with Crippen molar-refractivity contribution >= 4 is 0 Å². The molecule has 2 saturated heterocycles. The summed E-state index contributed by atoms with van der Waals surface area (Å²) in [7, 11) is 2.19. The molecule has 0 saturated carbocycles. The topological polar surface area (TPSA) is 39.2 Å². The van der Waals surface area contributed by atoms with E-state index in [1.54, 1.807) is 0 Å². The van der Waals surface area contributed by atoms with Crippen LogP contribution >= 0.6 is 0 Å². The Morgan fingerprint density at radius 1 is 0.943 bits per heavy atom. The van der Waals surface area contributed by atoms with Gasteiger partial charge in [-0.25, -0.2) is 0 Å². The summed E-state index contributed by atoms with van der Waals surface area (Å²) in [6.45, 7) is 16.6. The molecule has 2 aliphatic rings. The molecule has 2 heterocycles. The summed E-state index contributed by atoms with van der Waals surface area (Å²) in [4.78, 5) is 7.41. The van der Waals surface area contributed by atoms with Crippen molar-refractivity contribution in [3.63, 3.8) is 0 Å². The monoisotopic (exact) mass is 479 g/mol. The summed E-state index contributed by atoms with van der Waals surface area (Å²) in [6.07, 6.45) is 1.60. The molecule has 2 aromatic carbocycles. The Kier molecular flexibility index (Phi) is 8.54. The van der Waals surface area contributed by atoms with Crippen LogP contribution in [0.1, 0.15) is 55.9 Å². The van der Waals surface area contributed by atoms with Crippen molar-refractivity contribution in [2.45, 2.75) is 71.2 Å². The fraction of sp³-hybridized carbons (Fsp3) is 0.600. The molecule has 0 bridgehead atoms. The normalized spacial score (nSPS) is 23.3. The Labute approximate surface area is 212 Å². The number of ether oxygens (including phenoxy) is 1. The molecule has 2 atom stereocenters. The van der Waals surface area contributed by atoms with E-state index in [9.17, 15) is 5.11 Å². The van der Waals surface area contributed by atoms with E-state index in [1.165, 1.54) is 22.3 Å². The first kappa shape index (κ1) is 26.2. The molecule has 5 nitrogen and oxygen atoms in total. The lowest BCUT2D eigenvalue weighted by Gasteiger charge is -2.39. The largest absolute Gasteiger partial charge is 0.489 e. The fourth-order valence-electron chi connectivity index (χ4n) is 5.38. The number of hydrogen-bond donors (Lipinski definition) is 1. The maximum Gasteiger partial charge on any atom is 0.124 e. The lowest BCUT2D eigenvalue weighted by Crippen LogP contribution is -2.52. The molecule has 0 aliphatic carbocycles. The Morgan fingerprint density at radius 2 is 1.69 bits per heavy atom. The maximum absolute atomic E-state index is 11.0. The second kappa shape index (κ2) is 11.4. The third kappa shape index (κ3) is 7.07. The zero-order chi connectivity index (χ0) is 25.0. The lowest BCUT2D eigenvalue weighted by molar-refractivity contribution is 0.0224. The highest BCUT2D eigenvalue weighted by atomic mass is 16.5. The molecule has 1 N–H and O–H groups in total. The number of rotatable bonds is 6. The number of benzene rings is 2. The minimum atomic E-state index is -0.249. The van der Waals surface area contributed by atoms with E-state index in [4.69, 9.17) is 4.74 Å². The molecule has 0 radical (unpaired) electrons. The molecule has 4 rings (SSSR count). The van der Waals surface area contributed by atoms with Crippen molar-refractivity contribution in [2.75, 3.05) is 46.3 Å². The summed E-state index contributed by atoms with van der Waals surface area (Å²) >= 11 is 0. The Hall–Kier alpha value is -1.92. The van der Waals surface area contributed by atoms with E-state index < -0.39 is 0 Å². The van der Waals surface area contributed by atoms with Crippen LogP contribution in [0.3, 0.4) is 0 Å². The summed E-state index contributed by atoms with van der Waals surface area (Å²) < 4.78 is 6.38. The Morgan fingerprint density at radius 3 is 2.40 bits per heavy atom. The molecule has 2 fully saturated rings. The average molecular weight is 480 g/mol. The molecule has 192 valence electrons. The minimum absolute atomic E-state index is 0.0886. The van der Waals surface area contributed by atoms with Crippen LogP contribution in [0.2, 0.25) is 0 Å². The predicted molar refractivity (Wildman–Crippen MR) is 144 cm³/mol. The predicted octanol–water partition coefficient (Wildman–Crippen LogP) is 4.44. The standard InChI is InChI=1S/C30H45N3O2/c1-23-7-6-8-24(19-23)22-35-29-10-9-26(30(2,3)4)20-25(29)21-32-13-11-27(28(34)12-14-32)33-17-15-31(5)16-18-33/h6-10,19-20,27-28,34H,11-18,21-22H2,1-5H3/t27-,28-/m0/s1. The number of likely N-dealkylation sites (tertiary alicyclic amines) is 1. The quantitative estimate of drug-likeness (QED) is 0.663. The van der Waals surface area contributed by atoms with E-state index in [0.717, 1.165) is 64.4 Å². The second-order valence-corrected chi connectivity index (χ2v) is 11.7. The van der Waals surface area contributed by atoms with Crippen molar-refractivity contribution < 1.29 is 9.84 Å². The Balaban J connectivity index is 1.47. The summed E-state index contributed by atoms with van der Waals surface area (Å²) in [5.41, 5.74) is 5.13. The summed E-state index contributed by atoms with van der Waals surface area (Å²) in [5.74, 6) is 0.972. The zero-order valence-corrected chi connectivity index (χ0v) is 22.5. The van der Waals surface area contributed by atoms with Gasteiger partial charge in [-0.2, -0.15) is 0 Å². The Bertz CT molecular complexity index is 962. The van der Waals surface area contributed by atoms with Gasteiger partial charge in [-0.05, 0) is 49.4 Å². The van der Waals surface area contributed by atoms with E-state index in [-0.39, 0.29) is 17.6 Å². The molecule has 0 amide bonds. The number of hydrogen-bond acceptors (Lipinski definition) is 5. The minimum Gasteiger partial charge on any atom is -0.489 e. The van der Waals surface area contributed by atoms with Gasteiger partial charge in [0, 0.05) is 57.4 Å². The molecule has 2 aliphatic heterocycles. The van der Waals surface area contributed by atoms with Gasteiger partial charge in [0.1, 0.15) is 12.4 Å². The molecule has 35 heavy (non-hydrogen) atoms. The van der Waals surface area contributed by atoms with Crippen molar-refractivity contribution in [3.8, 4) is 5.75 Å². The number of aryl methyl sites for hydroxylation is 1. The summed E-state index contributed by atoms with van der Waals surface area (Å²) in [6, 6.07) is 15.5. The number of nitrogens with zero attached hydrogens (tertiary/aromatic N) is 3. The molecular weight excluding hydrogens is 434 g/mol. The molecule has 5 heteroatoms. The van der Waals surface area contributed by atoms with Crippen LogP contribution in [-0.2, 0) is 18.6 Å². The van der Waals surface area contributed by atoms with Gasteiger partial charge in [0.15, 0.2) is 0 Å². The molecule has 2 aromatic rings. The van der Waals surface area contributed by atoms with Crippen LogP contribution in [0, 0.1) is 6.92 Å². The smallest absolute Gasteiger partial charge is 0.124 e. The zero-order valence-electron chi connectivity index (χ0n) is 22.5. The van der Waals surface area contributed by atoms with Crippen molar-refractivity contribution in [2.24, 2.45) is 0 Å². The van der Waals surface area contributed by atoms with Crippen LogP contribution in [-0.4, -0.2) is 78.3 Å². The average Bonchev–Trinajstić information content (AvgIpc) is 2.99. The molecule has 0 spiro atoms. The van der Waals surface area contributed by atoms with Gasteiger partial charge in [-0.3, -0.25) is 9.80 Å². The van der Waals surface area contributed by atoms with E-state index >= 15 is 0 Å². The number of piperazine rings is 1. The van der Waals surface area contributed by atoms with Crippen LogP contribution < -0.4 is 4.74 Å². The highest BCUT2D eigenvalue weighted by Crippen LogP contribution is 2.30. The second-order valence-electron chi connectivity index (χ2n) is 11.7. The first-order valence-corrected chi connectivity index (χ1v) is 13.3. The van der Waals surface area contributed by atoms with Crippen LogP contribution in [0.25, 0.3) is 0 Å². The molecule has 0 unspecified atom stereocenters. The third-order valence-corrected chi connectivity index (χ3v) is 7.73. The van der Waals surface area contributed by atoms with Gasteiger partial charge in [0.05, 0.1) is 6.10 Å². The van der Waals surface area contributed by atoms with Crippen LogP contribution in [0.15, 0.2) is 42.5 Å². The van der Waals surface area contributed by atoms with Gasteiger partial charge in [0.25, 0.3) is 0 Å². The van der Waals surface area contributed by atoms with Crippen molar-refractivity contribution in [3.05, 3.63) is 64.7 Å². The lowest BCUT2D eigenvalue weighted by atomic mass is 9.86. The van der Waals surface area contributed by atoms with Crippen molar-refractivity contribution in [1.29, 1.82) is 0 Å². The molecular formula is C30H45N3O2.